The number of para-hydroxylation sites is 2. The summed E-state index contributed by atoms with van der Waals surface area (Å²) < 4.78 is 5.52. The van der Waals surface area contributed by atoms with Gasteiger partial charge in [0.25, 0.3) is 0 Å². The number of hydrogen-bond acceptors (Lipinski definition) is 6. The normalized spacial score (nSPS) is 15.6. The van der Waals surface area contributed by atoms with Gasteiger partial charge in [0.15, 0.2) is 0 Å². The van der Waals surface area contributed by atoms with Crippen molar-refractivity contribution in [3.05, 3.63) is 93.8 Å². The van der Waals surface area contributed by atoms with E-state index in [1.165, 1.54) is 0 Å². The molecule has 0 radical (unpaired) electrons. The van der Waals surface area contributed by atoms with E-state index >= 15 is 0 Å². The third kappa shape index (κ3) is 3.42. The van der Waals surface area contributed by atoms with E-state index in [2.05, 4.69) is 5.32 Å². The van der Waals surface area contributed by atoms with Crippen molar-refractivity contribution in [3.8, 4) is 11.5 Å². The number of rotatable bonds is 2. The largest absolute Gasteiger partial charge is 0.508 e. The van der Waals surface area contributed by atoms with Gasteiger partial charge in [-0.3, -0.25) is 4.99 Å². The zero-order valence-corrected chi connectivity index (χ0v) is 16.8. The summed E-state index contributed by atoms with van der Waals surface area (Å²) >= 11 is 0. The monoisotopic (exact) mass is 412 g/mol. The van der Waals surface area contributed by atoms with Gasteiger partial charge in [0.1, 0.15) is 22.6 Å². The van der Waals surface area contributed by atoms with Crippen molar-refractivity contribution >= 4 is 28.1 Å². The van der Waals surface area contributed by atoms with E-state index in [-0.39, 0.29) is 23.1 Å². The van der Waals surface area contributed by atoms with Crippen LogP contribution >= 0.6 is 0 Å². The minimum atomic E-state index is -0.628. The lowest BCUT2D eigenvalue weighted by Crippen LogP contribution is -2.19. The van der Waals surface area contributed by atoms with Crippen LogP contribution in [0.2, 0.25) is 0 Å². The molecule has 1 atom stereocenters. The summed E-state index contributed by atoms with van der Waals surface area (Å²) in [6, 6.07) is 19.5. The van der Waals surface area contributed by atoms with Gasteiger partial charge < -0.3 is 19.9 Å². The summed E-state index contributed by atoms with van der Waals surface area (Å²) in [5.74, 6) is 0.0485. The van der Waals surface area contributed by atoms with E-state index in [1.54, 1.807) is 24.3 Å². The molecule has 3 aromatic carbocycles. The van der Waals surface area contributed by atoms with Gasteiger partial charge in [-0.15, -0.1) is 0 Å². The number of nitrogens with one attached hydrogen (secondary N) is 1. The molecule has 5 rings (SSSR count). The molecule has 1 unspecified atom stereocenters. The van der Waals surface area contributed by atoms with E-state index in [4.69, 9.17) is 9.41 Å². The highest BCUT2D eigenvalue weighted by atomic mass is 16.4. The Morgan fingerprint density at radius 3 is 2.61 bits per heavy atom. The van der Waals surface area contributed by atoms with E-state index < -0.39 is 5.63 Å². The molecule has 154 valence electrons. The van der Waals surface area contributed by atoms with E-state index in [0.29, 0.717) is 28.8 Å². The molecule has 4 aromatic rings. The van der Waals surface area contributed by atoms with Crippen molar-refractivity contribution in [2.75, 3.05) is 5.32 Å². The van der Waals surface area contributed by atoms with E-state index in [1.807, 2.05) is 49.4 Å². The summed E-state index contributed by atoms with van der Waals surface area (Å²) in [4.78, 5) is 17.6. The van der Waals surface area contributed by atoms with Crippen molar-refractivity contribution in [2.24, 2.45) is 4.99 Å². The van der Waals surface area contributed by atoms with Crippen LogP contribution in [0.5, 0.6) is 11.5 Å². The zero-order valence-electron chi connectivity index (χ0n) is 16.8. The topological polar surface area (TPSA) is 95.1 Å². The molecule has 6 heteroatoms. The first kappa shape index (κ1) is 18.9. The average Bonchev–Trinajstić information content (AvgIpc) is 2.94. The van der Waals surface area contributed by atoms with Gasteiger partial charge in [-0.05, 0) is 48.9 Å². The molecule has 6 nitrogen and oxygen atoms in total. The van der Waals surface area contributed by atoms with E-state index in [9.17, 15) is 15.0 Å². The second-order valence-electron chi connectivity index (χ2n) is 7.68. The molecule has 31 heavy (non-hydrogen) atoms. The van der Waals surface area contributed by atoms with E-state index in [0.717, 1.165) is 16.8 Å². The molecule has 1 aliphatic rings. The van der Waals surface area contributed by atoms with Crippen LogP contribution < -0.4 is 10.9 Å². The number of aryl methyl sites for hydroxylation is 1. The molecule has 2 heterocycles. The maximum absolute atomic E-state index is 12.9. The van der Waals surface area contributed by atoms with Gasteiger partial charge in [-0.1, -0.05) is 35.9 Å². The zero-order chi connectivity index (χ0) is 21.5. The maximum atomic E-state index is 12.9. The predicted octanol–water partition coefficient (Wildman–Crippen LogP) is 5.19. The number of phenols is 1. The first-order valence-electron chi connectivity index (χ1n) is 9.98. The number of nitrogens with zero attached hydrogens (tertiary/aromatic N) is 1. The highest BCUT2D eigenvalue weighted by molar-refractivity contribution is 6.08. The van der Waals surface area contributed by atoms with Crippen molar-refractivity contribution < 1.29 is 14.6 Å². The molecule has 0 aliphatic carbocycles. The Hall–Kier alpha value is -4.06. The smallest absolute Gasteiger partial charge is 0.349 e. The predicted molar refractivity (Wildman–Crippen MR) is 121 cm³/mol. The van der Waals surface area contributed by atoms with Gasteiger partial charge >= 0.3 is 5.63 Å². The lowest BCUT2D eigenvalue weighted by atomic mass is 9.96. The fourth-order valence-corrected chi connectivity index (χ4v) is 3.94. The summed E-state index contributed by atoms with van der Waals surface area (Å²) in [5.41, 5.74) is 3.56. The molecule has 1 aliphatic heterocycles. The van der Waals surface area contributed by atoms with Crippen LogP contribution in [0.15, 0.2) is 80.9 Å². The van der Waals surface area contributed by atoms with Crippen LogP contribution in [-0.2, 0) is 0 Å². The number of hydrogen-bond donors (Lipinski definition) is 3. The van der Waals surface area contributed by atoms with Crippen molar-refractivity contribution in [1.29, 1.82) is 0 Å². The second-order valence-corrected chi connectivity index (χ2v) is 7.68. The van der Waals surface area contributed by atoms with Gasteiger partial charge in [0, 0.05) is 6.42 Å². The number of aliphatic imine (C=N–C) groups is 1. The SMILES string of the molecule is Cc1ccc2oc(=O)c(C3=Nc4ccccc4NC(c4ccc(O)cc4)C3)c(O)c2c1. The van der Waals surface area contributed by atoms with Crippen LogP contribution in [0.1, 0.15) is 29.2 Å². The Balaban J connectivity index is 1.71. The second kappa shape index (κ2) is 7.32. The van der Waals surface area contributed by atoms with Gasteiger partial charge in [-0.2, -0.15) is 0 Å². The van der Waals surface area contributed by atoms with Gasteiger partial charge in [0.2, 0.25) is 0 Å². The molecule has 0 bridgehead atoms. The first-order valence-corrected chi connectivity index (χ1v) is 9.98. The Morgan fingerprint density at radius 2 is 1.81 bits per heavy atom. The molecule has 1 aromatic heterocycles. The molecule has 0 amide bonds. The van der Waals surface area contributed by atoms with Gasteiger partial charge in [0.05, 0.1) is 28.5 Å². The quantitative estimate of drug-likeness (QED) is 0.394. The Kier molecular flexibility index (Phi) is 4.47. The van der Waals surface area contributed by atoms with Crippen molar-refractivity contribution in [1.82, 2.24) is 0 Å². The number of benzene rings is 3. The lowest BCUT2D eigenvalue weighted by Gasteiger charge is -2.19. The lowest BCUT2D eigenvalue weighted by molar-refractivity contribution is 0.465. The van der Waals surface area contributed by atoms with Gasteiger partial charge in [-0.25, -0.2) is 4.79 Å². The minimum absolute atomic E-state index is 0.0698. The summed E-state index contributed by atoms with van der Waals surface area (Å²) in [6.07, 6.45) is 0.342. The number of aromatic hydroxyl groups is 2. The average molecular weight is 412 g/mol. The fraction of sp³-hybridized carbons (Fsp3) is 0.120. The third-order valence-electron chi connectivity index (χ3n) is 5.50. The van der Waals surface area contributed by atoms with Crippen molar-refractivity contribution in [3.63, 3.8) is 0 Å². The summed E-state index contributed by atoms with van der Waals surface area (Å²) in [6.45, 7) is 1.91. The molecular formula is C25H20N2O4. The number of phenolic OH excluding ortho intramolecular Hbond substituents is 1. The third-order valence-corrected chi connectivity index (χ3v) is 5.50. The molecular weight excluding hydrogens is 392 g/mol. The molecule has 0 spiro atoms. The first-order chi connectivity index (χ1) is 15.0. The number of anilines is 1. The van der Waals surface area contributed by atoms with Crippen LogP contribution in [0.4, 0.5) is 11.4 Å². The molecule has 0 fully saturated rings. The maximum Gasteiger partial charge on any atom is 0.349 e. The Morgan fingerprint density at radius 1 is 1.03 bits per heavy atom. The Bertz CT molecular complexity index is 1390. The Labute approximate surface area is 178 Å². The van der Waals surface area contributed by atoms with Crippen LogP contribution in [-0.4, -0.2) is 15.9 Å². The standard InChI is InChI=1S/C25H20N2O4/c1-14-6-11-22-17(12-14)24(29)23(25(30)31-22)21-13-20(15-7-9-16(28)10-8-15)26-18-4-2-3-5-19(18)27-21/h2-12,20,26,28-29H,13H2,1H3. The fourth-order valence-electron chi connectivity index (χ4n) is 3.94. The molecule has 0 saturated heterocycles. The van der Waals surface area contributed by atoms with Crippen LogP contribution in [0, 0.1) is 6.92 Å². The molecule has 0 saturated carbocycles. The highest BCUT2D eigenvalue weighted by Gasteiger charge is 2.26. The molecule has 3 N–H and O–H groups in total. The summed E-state index contributed by atoms with van der Waals surface area (Å²) in [5, 5.41) is 24.7. The number of fused-ring (bicyclic) bond motifs is 2. The highest BCUT2D eigenvalue weighted by Crippen LogP contribution is 2.37. The van der Waals surface area contributed by atoms with Crippen LogP contribution in [0.25, 0.3) is 11.0 Å². The van der Waals surface area contributed by atoms with Crippen molar-refractivity contribution in [2.45, 2.75) is 19.4 Å². The van der Waals surface area contributed by atoms with Crippen LogP contribution in [0.3, 0.4) is 0 Å². The summed E-state index contributed by atoms with van der Waals surface area (Å²) in [7, 11) is 0. The minimum Gasteiger partial charge on any atom is -0.508 e.